The normalized spacial score (nSPS) is 12.0. The fourth-order valence-electron chi connectivity index (χ4n) is 3.19. The third-order valence-corrected chi connectivity index (χ3v) is 5.84. The van der Waals surface area contributed by atoms with Crippen LogP contribution in [0.2, 0.25) is 5.02 Å². The highest BCUT2D eigenvalue weighted by molar-refractivity contribution is 6.30. The predicted octanol–water partition coefficient (Wildman–Crippen LogP) is 4.28. The minimum atomic E-state index is -1.33. The van der Waals surface area contributed by atoms with Gasteiger partial charge >= 0.3 is 12.1 Å². The van der Waals surface area contributed by atoms with Gasteiger partial charge in [0.25, 0.3) is 12.2 Å². The summed E-state index contributed by atoms with van der Waals surface area (Å²) in [7, 11) is 3.40. The van der Waals surface area contributed by atoms with Crippen LogP contribution in [0.15, 0.2) is 48.5 Å². The standard InChI is InChI=1S/C28H38ClN3O6/c1-19(2)25(37-27(35)32(6)18-17-30-5)36-26(34)28(3,4)38-23-13-7-20(8-14-23)15-16-31-24(33)21-9-11-22(29)12-10-21/h7-14,19,25,30H,15-18H2,1-6H3,(H,31,33). The zero-order chi connectivity index (χ0) is 28.3. The highest BCUT2D eigenvalue weighted by Crippen LogP contribution is 2.22. The van der Waals surface area contributed by atoms with Gasteiger partial charge in [-0.15, -0.1) is 0 Å². The Morgan fingerprint density at radius 3 is 2.18 bits per heavy atom. The van der Waals surface area contributed by atoms with E-state index in [1.165, 1.54) is 4.90 Å². The summed E-state index contributed by atoms with van der Waals surface area (Å²) < 4.78 is 16.8. The second-order valence-corrected chi connectivity index (χ2v) is 10.1. The molecule has 0 saturated heterocycles. The van der Waals surface area contributed by atoms with Crippen LogP contribution in [0.25, 0.3) is 0 Å². The van der Waals surface area contributed by atoms with Crippen LogP contribution in [0.1, 0.15) is 43.6 Å². The Morgan fingerprint density at radius 1 is 0.974 bits per heavy atom. The fraction of sp³-hybridized carbons (Fsp3) is 0.464. The number of likely N-dealkylation sites (N-methyl/N-ethyl adjacent to an activating group) is 2. The van der Waals surface area contributed by atoms with E-state index in [2.05, 4.69) is 10.6 Å². The molecule has 9 nitrogen and oxygen atoms in total. The molecular formula is C28H38ClN3O6. The van der Waals surface area contributed by atoms with Crippen LogP contribution in [0.5, 0.6) is 5.75 Å². The van der Waals surface area contributed by atoms with Crippen molar-refractivity contribution in [3.63, 3.8) is 0 Å². The zero-order valence-corrected chi connectivity index (χ0v) is 23.6. The van der Waals surface area contributed by atoms with Crippen LogP contribution in [0.4, 0.5) is 4.79 Å². The number of hydrogen-bond acceptors (Lipinski definition) is 7. The van der Waals surface area contributed by atoms with Crippen molar-refractivity contribution in [3.05, 3.63) is 64.7 Å². The lowest BCUT2D eigenvalue weighted by Gasteiger charge is -2.29. The molecule has 2 amide bonds. The number of halogens is 1. The van der Waals surface area contributed by atoms with E-state index >= 15 is 0 Å². The molecule has 0 radical (unpaired) electrons. The lowest BCUT2D eigenvalue weighted by molar-refractivity contribution is -0.190. The maximum atomic E-state index is 12.9. The molecule has 2 aromatic rings. The smallest absolute Gasteiger partial charge is 0.412 e. The van der Waals surface area contributed by atoms with Gasteiger partial charge in [-0.25, -0.2) is 9.59 Å². The minimum absolute atomic E-state index is 0.170. The molecule has 0 saturated carbocycles. The first kappa shape index (κ1) is 30.9. The summed E-state index contributed by atoms with van der Waals surface area (Å²) in [6, 6.07) is 13.9. The maximum Gasteiger partial charge on any atom is 0.412 e. The van der Waals surface area contributed by atoms with Gasteiger partial charge in [0.1, 0.15) is 5.75 Å². The van der Waals surface area contributed by atoms with Crippen molar-refractivity contribution in [1.29, 1.82) is 0 Å². The molecule has 0 aromatic heterocycles. The third kappa shape index (κ3) is 9.87. The number of carbonyl (C=O) groups excluding carboxylic acids is 3. The Morgan fingerprint density at radius 2 is 1.61 bits per heavy atom. The molecule has 10 heteroatoms. The van der Waals surface area contributed by atoms with Crippen LogP contribution in [-0.2, 0) is 20.7 Å². The molecule has 2 N–H and O–H groups in total. The minimum Gasteiger partial charge on any atom is -0.476 e. The number of carbonyl (C=O) groups is 3. The number of nitrogens with zero attached hydrogens (tertiary/aromatic N) is 1. The first-order valence-electron chi connectivity index (χ1n) is 12.5. The zero-order valence-electron chi connectivity index (χ0n) is 22.9. The molecule has 0 bridgehead atoms. The molecule has 2 aromatic carbocycles. The van der Waals surface area contributed by atoms with Crippen LogP contribution in [0, 0.1) is 5.92 Å². The lowest BCUT2D eigenvalue weighted by Crippen LogP contribution is -2.44. The first-order valence-corrected chi connectivity index (χ1v) is 12.9. The summed E-state index contributed by atoms with van der Waals surface area (Å²) >= 11 is 5.86. The molecule has 2 rings (SSSR count). The highest BCUT2D eigenvalue weighted by Gasteiger charge is 2.36. The molecule has 0 aliphatic carbocycles. The Kier molecular flexibility index (Phi) is 11.9. The monoisotopic (exact) mass is 547 g/mol. The second-order valence-electron chi connectivity index (χ2n) is 9.70. The topological polar surface area (TPSA) is 106 Å². The van der Waals surface area contributed by atoms with E-state index in [1.807, 2.05) is 12.1 Å². The lowest BCUT2D eigenvalue weighted by atomic mass is 10.1. The SMILES string of the molecule is CNCCN(C)C(=O)OC(OC(=O)C(C)(C)Oc1ccc(CCNC(=O)c2ccc(Cl)cc2)cc1)C(C)C. The number of nitrogens with one attached hydrogen (secondary N) is 2. The molecule has 0 fully saturated rings. The summed E-state index contributed by atoms with van der Waals surface area (Å²) in [5.41, 5.74) is 0.205. The predicted molar refractivity (Wildman–Crippen MR) is 146 cm³/mol. The Bertz CT molecular complexity index is 1060. The van der Waals surface area contributed by atoms with E-state index in [-0.39, 0.29) is 11.8 Å². The van der Waals surface area contributed by atoms with Gasteiger partial charge in [-0.1, -0.05) is 37.6 Å². The van der Waals surface area contributed by atoms with E-state index in [0.717, 1.165) is 5.56 Å². The molecule has 0 aliphatic heterocycles. The molecule has 0 heterocycles. The number of esters is 1. The van der Waals surface area contributed by atoms with Crippen molar-refractivity contribution in [1.82, 2.24) is 15.5 Å². The van der Waals surface area contributed by atoms with E-state index in [0.29, 0.717) is 42.4 Å². The number of benzene rings is 2. The molecule has 208 valence electrons. The van der Waals surface area contributed by atoms with Crippen LogP contribution >= 0.6 is 11.6 Å². The third-order valence-electron chi connectivity index (χ3n) is 5.59. The van der Waals surface area contributed by atoms with Gasteiger partial charge < -0.3 is 29.7 Å². The van der Waals surface area contributed by atoms with Crippen LogP contribution in [0.3, 0.4) is 0 Å². The number of ether oxygens (including phenoxy) is 3. The van der Waals surface area contributed by atoms with E-state index in [1.54, 1.807) is 78.2 Å². The molecular weight excluding hydrogens is 510 g/mol. The number of rotatable bonds is 13. The Balaban J connectivity index is 1.88. The summed E-state index contributed by atoms with van der Waals surface area (Å²) in [5.74, 6) is -0.602. The first-order chi connectivity index (χ1) is 17.9. The van der Waals surface area contributed by atoms with Crippen LogP contribution in [-0.4, -0.2) is 68.5 Å². The largest absolute Gasteiger partial charge is 0.476 e. The van der Waals surface area contributed by atoms with Gasteiger partial charge in [0.05, 0.1) is 0 Å². The summed E-state index contributed by atoms with van der Waals surface area (Å²) in [6.45, 7) is 8.29. The van der Waals surface area contributed by atoms with Crippen LogP contribution < -0.4 is 15.4 Å². The van der Waals surface area contributed by atoms with Gasteiger partial charge in [0, 0.05) is 43.2 Å². The fourth-order valence-corrected chi connectivity index (χ4v) is 3.31. The van der Waals surface area contributed by atoms with Gasteiger partial charge in [-0.2, -0.15) is 0 Å². The highest BCUT2D eigenvalue weighted by atomic mass is 35.5. The average molecular weight is 548 g/mol. The van der Waals surface area contributed by atoms with E-state index in [4.69, 9.17) is 25.8 Å². The van der Waals surface area contributed by atoms with E-state index < -0.39 is 24.0 Å². The van der Waals surface area contributed by atoms with Gasteiger partial charge in [0.2, 0.25) is 0 Å². The Hall–Kier alpha value is -3.30. The summed E-state index contributed by atoms with van der Waals surface area (Å²) in [4.78, 5) is 38.9. The molecule has 1 atom stereocenters. The molecule has 38 heavy (non-hydrogen) atoms. The van der Waals surface area contributed by atoms with Crippen molar-refractivity contribution in [2.24, 2.45) is 5.92 Å². The molecule has 0 spiro atoms. The van der Waals surface area contributed by atoms with Crippen molar-refractivity contribution in [2.45, 2.75) is 46.0 Å². The van der Waals surface area contributed by atoms with Crippen molar-refractivity contribution in [2.75, 3.05) is 33.7 Å². The molecule has 1 unspecified atom stereocenters. The van der Waals surface area contributed by atoms with Crippen molar-refractivity contribution in [3.8, 4) is 5.75 Å². The van der Waals surface area contributed by atoms with Crippen molar-refractivity contribution < 1.29 is 28.6 Å². The van der Waals surface area contributed by atoms with E-state index in [9.17, 15) is 14.4 Å². The quantitative estimate of drug-likeness (QED) is 0.285. The second kappa shape index (κ2) is 14.6. The summed E-state index contributed by atoms with van der Waals surface area (Å²) in [5, 5.41) is 6.41. The van der Waals surface area contributed by atoms with Crippen molar-refractivity contribution >= 4 is 29.6 Å². The van der Waals surface area contributed by atoms with Gasteiger partial charge in [0.15, 0.2) is 5.60 Å². The average Bonchev–Trinajstić information content (AvgIpc) is 2.87. The maximum absolute atomic E-state index is 12.9. The summed E-state index contributed by atoms with van der Waals surface area (Å²) in [6.07, 6.45) is -1.01. The number of hydrogen-bond donors (Lipinski definition) is 2. The molecule has 0 aliphatic rings. The number of amides is 2. The van der Waals surface area contributed by atoms with Gasteiger partial charge in [-0.3, -0.25) is 4.79 Å². The van der Waals surface area contributed by atoms with Gasteiger partial charge in [-0.05, 0) is 69.3 Å². The Labute approximate surface area is 229 Å².